The number of hydrogen-bond donors (Lipinski definition) is 0. The molecule has 62 valence electrons. The fourth-order valence-corrected chi connectivity index (χ4v) is 2.38. The minimum absolute atomic E-state index is 0.00106. The van der Waals surface area contributed by atoms with Gasteiger partial charge in [-0.15, -0.1) is 0 Å². The van der Waals surface area contributed by atoms with Crippen LogP contribution in [0.1, 0.15) is 24.8 Å². The molecule has 1 nitrogen and oxygen atoms in total. The zero-order valence-electron chi connectivity index (χ0n) is 6.92. The van der Waals surface area contributed by atoms with Crippen LogP contribution in [0.5, 0.6) is 0 Å². The van der Waals surface area contributed by atoms with Gasteiger partial charge >= 0.3 is 0 Å². The quantitative estimate of drug-likeness (QED) is 0.681. The Morgan fingerprint density at radius 1 is 1.58 bits per heavy atom. The van der Waals surface area contributed by atoms with E-state index in [2.05, 4.69) is 22.9 Å². The van der Waals surface area contributed by atoms with Crippen LogP contribution in [0.2, 0.25) is 0 Å². The fraction of sp³-hybridized carbons (Fsp3) is 0.500. The SMILES string of the molecule is N#CC1(Cc2ccsc2)CCC1. The molecule has 0 atom stereocenters. The van der Waals surface area contributed by atoms with E-state index < -0.39 is 0 Å². The van der Waals surface area contributed by atoms with Crippen molar-refractivity contribution in [3.05, 3.63) is 22.4 Å². The van der Waals surface area contributed by atoms with E-state index in [0.717, 1.165) is 19.3 Å². The third-order valence-corrected chi connectivity index (χ3v) is 3.40. The molecular formula is C10H11NS. The van der Waals surface area contributed by atoms with Crippen molar-refractivity contribution in [2.24, 2.45) is 5.41 Å². The molecule has 2 rings (SSSR count). The Hall–Kier alpha value is -0.810. The van der Waals surface area contributed by atoms with Crippen LogP contribution >= 0.6 is 11.3 Å². The van der Waals surface area contributed by atoms with Crippen molar-refractivity contribution >= 4 is 11.3 Å². The molecule has 1 aliphatic rings. The Kier molecular flexibility index (Phi) is 1.90. The van der Waals surface area contributed by atoms with Crippen LogP contribution in [0.15, 0.2) is 16.8 Å². The zero-order chi connectivity index (χ0) is 8.44. The van der Waals surface area contributed by atoms with Crippen LogP contribution in [-0.4, -0.2) is 0 Å². The summed E-state index contributed by atoms with van der Waals surface area (Å²) in [7, 11) is 0. The molecule has 1 fully saturated rings. The lowest BCUT2D eigenvalue weighted by Gasteiger charge is -2.34. The Balaban J connectivity index is 2.08. The van der Waals surface area contributed by atoms with E-state index in [1.54, 1.807) is 11.3 Å². The summed E-state index contributed by atoms with van der Waals surface area (Å²) in [6.07, 6.45) is 4.39. The summed E-state index contributed by atoms with van der Waals surface area (Å²) in [4.78, 5) is 0. The topological polar surface area (TPSA) is 23.8 Å². The molecule has 0 aliphatic heterocycles. The first kappa shape index (κ1) is 7.82. The van der Waals surface area contributed by atoms with Crippen molar-refractivity contribution in [1.82, 2.24) is 0 Å². The lowest BCUT2D eigenvalue weighted by atomic mass is 9.67. The summed E-state index contributed by atoms with van der Waals surface area (Å²) in [6.45, 7) is 0. The molecule has 0 saturated heterocycles. The molecule has 0 unspecified atom stereocenters. The maximum Gasteiger partial charge on any atom is 0.0693 e. The molecule has 0 radical (unpaired) electrons. The molecule has 1 aromatic rings. The predicted octanol–water partition coefficient (Wildman–Crippen LogP) is 2.98. The van der Waals surface area contributed by atoms with E-state index in [1.165, 1.54) is 12.0 Å². The van der Waals surface area contributed by atoms with Gasteiger partial charge in [-0.3, -0.25) is 0 Å². The highest BCUT2D eigenvalue weighted by Gasteiger charge is 2.37. The molecular weight excluding hydrogens is 166 g/mol. The summed E-state index contributed by atoms with van der Waals surface area (Å²) in [5.41, 5.74) is 1.34. The third kappa shape index (κ3) is 1.25. The predicted molar refractivity (Wildman–Crippen MR) is 49.9 cm³/mol. The van der Waals surface area contributed by atoms with Crippen LogP contribution in [0.3, 0.4) is 0 Å². The van der Waals surface area contributed by atoms with Gasteiger partial charge in [0.05, 0.1) is 11.5 Å². The van der Waals surface area contributed by atoms with Gasteiger partial charge in [0, 0.05) is 0 Å². The molecule has 0 bridgehead atoms. The maximum absolute atomic E-state index is 8.99. The average molecular weight is 177 g/mol. The molecule has 0 amide bonds. The van der Waals surface area contributed by atoms with Gasteiger partial charge < -0.3 is 0 Å². The van der Waals surface area contributed by atoms with E-state index >= 15 is 0 Å². The highest BCUT2D eigenvalue weighted by Crippen LogP contribution is 2.43. The normalized spacial score (nSPS) is 19.6. The van der Waals surface area contributed by atoms with E-state index in [4.69, 9.17) is 5.26 Å². The minimum Gasteiger partial charge on any atom is -0.198 e. The lowest BCUT2D eigenvalue weighted by molar-refractivity contribution is 0.214. The molecule has 1 aliphatic carbocycles. The van der Waals surface area contributed by atoms with Crippen LogP contribution in [-0.2, 0) is 6.42 Å². The summed E-state index contributed by atoms with van der Waals surface area (Å²) in [5, 5.41) is 13.2. The number of thiophene rings is 1. The van der Waals surface area contributed by atoms with Crippen molar-refractivity contribution in [2.45, 2.75) is 25.7 Å². The van der Waals surface area contributed by atoms with Crippen molar-refractivity contribution in [1.29, 1.82) is 5.26 Å². The Morgan fingerprint density at radius 3 is 2.83 bits per heavy atom. The molecule has 1 saturated carbocycles. The van der Waals surface area contributed by atoms with Crippen LogP contribution in [0, 0.1) is 16.7 Å². The number of hydrogen-bond acceptors (Lipinski definition) is 2. The van der Waals surface area contributed by atoms with Crippen molar-refractivity contribution in [3.8, 4) is 6.07 Å². The summed E-state index contributed by atoms with van der Waals surface area (Å²) < 4.78 is 0. The number of nitriles is 1. The molecule has 0 aromatic carbocycles. The van der Waals surface area contributed by atoms with E-state index in [-0.39, 0.29) is 5.41 Å². The zero-order valence-corrected chi connectivity index (χ0v) is 7.73. The summed E-state index contributed by atoms with van der Waals surface area (Å²) in [5.74, 6) is 0. The van der Waals surface area contributed by atoms with Gasteiger partial charge in [0.1, 0.15) is 0 Å². The first-order valence-electron chi connectivity index (χ1n) is 4.27. The Morgan fingerprint density at radius 2 is 2.42 bits per heavy atom. The van der Waals surface area contributed by atoms with Crippen molar-refractivity contribution in [2.75, 3.05) is 0 Å². The summed E-state index contributed by atoms with van der Waals surface area (Å²) >= 11 is 1.72. The van der Waals surface area contributed by atoms with Gasteiger partial charge in [0.15, 0.2) is 0 Å². The second-order valence-electron chi connectivity index (χ2n) is 3.55. The van der Waals surface area contributed by atoms with Gasteiger partial charge in [-0.2, -0.15) is 16.6 Å². The van der Waals surface area contributed by atoms with Crippen LogP contribution in [0.4, 0.5) is 0 Å². The monoisotopic (exact) mass is 177 g/mol. The van der Waals surface area contributed by atoms with Gasteiger partial charge in [0.2, 0.25) is 0 Å². The average Bonchev–Trinajstić information content (AvgIpc) is 2.49. The van der Waals surface area contributed by atoms with Crippen molar-refractivity contribution in [3.63, 3.8) is 0 Å². The van der Waals surface area contributed by atoms with Gasteiger partial charge in [0.25, 0.3) is 0 Å². The Bertz CT molecular complexity index is 290. The standard InChI is InChI=1S/C10H11NS/c11-8-10(3-1-4-10)6-9-2-5-12-7-9/h2,5,7H,1,3-4,6H2. The fourth-order valence-electron chi connectivity index (χ4n) is 1.72. The number of nitrogens with zero attached hydrogens (tertiary/aromatic N) is 1. The second kappa shape index (κ2) is 2.91. The maximum atomic E-state index is 8.99. The third-order valence-electron chi connectivity index (χ3n) is 2.67. The van der Waals surface area contributed by atoms with Crippen LogP contribution < -0.4 is 0 Å². The summed E-state index contributed by atoms with van der Waals surface area (Å²) in [6, 6.07) is 4.58. The first-order valence-corrected chi connectivity index (χ1v) is 5.21. The largest absolute Gasteiger partial charge is 0.198 e. The van der Waals surface area contributed by atoms with Crippen LogP contribution in [0.25, 0.3) is 0 Å². The van der Waals surface area contributed by atoms with Gasteiger partial charge in [-0.1, -0.05) is 6.42 Å². The number of rotatable bonds is 2. The molecule has 2 heteroatoms. The van der Waals surface area contributed by atoms with E-state index in [1.807, 2.05) is 0 Å². The molecule has 0 N–H and O–H groups in total. The lowest BCUT2D eigenvalue weighted by Crippen LogP contribution is -2.29. The van der Waals surface area contributed by atoms with E-state index in [9.17, 15) is 0 Å². The minimum atomic E-state index is 0.00106. The smallest absolute Gasteiger partial charge is 0.0693 e. The second-order valence-corrected chi connectivity index (χ2v) is 4.33. The first-order chi connectivity index (χ1) is 5.85. The Labute approximate surface area is 76.6 Å². The molecule has 12 heavy (non-hydrogen) atoms. The van der Waals surface area contributed by atoms with Gasteiger partial charge in [-0.05, 0) is 41.7 Å². The highest BCUT2D eigenvalue weighted by atomic mass is 32.1. The van der Waals surface area contributed by atoms with Gasteiger partial charge in [-0.25, -0.2) is 0 Å². The van der Waals surface area contributed by atoms with E-state index in [0.29, 0.717) is 0 Å². The van der Waals surface area contributed by atoms with Crippen molar-refractivity contribution < 1.29 is 0 Å². The molecule has 0 spiro atoms. The highest BCUT2D eigenvalue weighted by molar-refractivity contribution is 7.07. The molecule has 1 aromatic heterocycles. The molecule has 1 heterocycles.